The Morgan fingerprint density at radius 2 is 1.82 bits per heavy atom. The number of aliphatic hydroxyl groups excluding tert-OH is 1. The first kappa shape index (κ1) is 16.4. The van der Waals surface area contributed by atoms with Crippen LogP contribution in [0.1, 0.15) is 18.1 Å². The Morgan fingerprint density at radius 1 is 1.14 bits per heavy atom. The van der Waals surface area contributed by atoms with Crippen molar-refractivity contribution in [1.29, 1.82) is 5.26 Å². The zero-order valence-electron chi connectivity index (χ0n) is 12.6. The zero-order chi connectivity index (χ0) is 15.8. The number of para-hydroxylation sites is 1. The molecule has 1 unspecified atom stereocenters. The lowest BCUT2D eigenvalue weighted by Crippen LogP contribution is -2.01. The van der Waals surface area contributed by atoms with E-state index in [0.717, 1.165) is 28.4 Å². The maximum atomic E-state index is 9.06. The van der Waals surface area contributed by atoms with Gasteiger partial charge in [-0.05, 0) is 30.2 Å². The number of benzene rings is 2. The Labute approximate surface area is 136 Å². The molecule has 22 heavy (non-hydrogen) atoms. The van der Waals surface area contributed by atoms with E-state index < -0.39 is 0 Å². The molecule has 2 aromatic rings. The average molecular weight is 312 g/mol. The van der Waals surface area contributed by atoms with Crippen molar-refractivity contribution in [2.24, 2.45) is 5.92 Å². The summed E-state index contributed by atoms with van der Waals surface area (Å²) in [5.41, 5.74) is 3.18. The molecule has 2 N–H and O–H groups in total. The van der Waals surface area contributed by atoms with Gasteiger partial charge in [0.15, 0.2) is 0 Å². The number of thioether (sulfide) groups is 1. The van der Waals surface area contributed by atoms with Gasteiger partial charge >= 0.3 is 0 Å². The van der Waals surface area contributed by atoms with Crippen molar-refractivity contribution in [2.45, 2.75) is 25.0 Å². The molecule has 0 saturated carbocycles. The maximum absolute atomic E-state index is 9.06. The summed E-state index contributed by atoms with van der Waals surface area (Å²) in [5.74, 6) is 0.838. The molecule has 4 heteroatoms. The molecule has 0 saturated heterocycles. The molecule has 0 radical (unpaired) electrons. The monoisotopic (exact) mass is 312 g/mol. The Hall–Kier alpha value is -1.96. The van der Waals surface area contributed by atoms with Gasteiger partial charge in [-0.25, -0.2) is 0 Å². The van der Waals surface area contributed by atoms with Crippen molar-refractivity contribution >= 4 is 17.4 Å². The molecule has 114 valence electrons. The highest BCUT2D eigenvalue weighted by Gasteiger charge is 2.05. The van der Waals surface area contributed by atoms with Crippen molar-refractivity contribution in [3.63, 3.8) is 0 Å². The summed E-state index contributed by atoms with van der Waals surface area (Å²) < 4.78 is 0. The van der Waals surface area contributed by atoms with E-state index in [1.165, 1.54) is 5.56 Å². The van der Waals surface area contributed by atoms with Crippen LogP contribution < -0.4 is 5.32 Å². The van der Waals surface area contributed by atoms with E-state index in [1.807, 2.05) is 43.3 Å². The van der Waals surface area contributed by atoms with E-state index in [9.17, 15) is 0 Å². The molecule has 0 amide bonds. The number of nitrogens with one attached hydrogen (secondary N) is 1. The highest BCUT2D eigenvalue weighted by atomic mass is 32.2. The predicted molar refractivity (Wildman–Crippen MR) is 91.6 cm³/mol. The largest absolute Gasteiger partial charge is 0.392 e. The lowest BCUT2D eigenvalue weighted by atomic mass is 10.1. The van der Waals surface area contributed by atoms with Crippen LogP contribution in [-0.2, 0) is 13.2 Å². The molecule has 0 aromatic heterocycles. The molecule has 2 aromatic carbocycles. The topological polar surface area (TPSA) is 56.0 Å². The van der Waals surface area contributed by atoms with Gasteiger partial charge in [-0.2, -0.15) is 5.26 Å². The van der Waals surface area contributed by atoms with Gasteiger partial charge in [-0.3, -0.25) is 0 Å². The molecule has 0 spiro atoms. The Kier molecular flexibility index (Phi) is 6.32. The fourth-order valence-corrected chi connectivity index (χ4v) is 2.93. The smallest absolute Gasteiger partial charge is 0.0681 e. The maximum Gasteiger partial charge on any atom is 0.0681 e. The minimum atomic E-state index is 0.0454. The fraction of sp³-hybridized carbons (Fsp3) is 0.278. The van der Waals surface area contributed by atoms with E-state index >= 15 is 0 Å². The van der Waals surface area contributed by atoms with Crippen LogP contribution in [-0.4, -0.2) is 10.9 Å². The number of anilines is 1. The molecule has 3 nitrogen and oxygen atoms in total. The van der Waals surface area contributed by atoms with Crippen LogP contribution in [0.4, 0.5) is 5.69 Å². The third kappa shape index (κ3) is 4.80. The number of hydrogen-bond acceptors (Lipinski definition) is 4. The standard InChI is InChI=1S/C18H20N2OS/c1-14(10-19)13-22-18-5-3-2-4-17(18)20-11-15-6-8-16(12-21)9-7-15/h2-9,14,20-21H,11-13H2,1H3. The quantitative estimate of drug-likeness (QED) is 0.758. The second kappa shape index (κ2) is 8.47. The summed E-state index contributed by atoms with van der Waals surface area (Å²) >= 11 is 1.70. The number of aliphatic hydroxyl groups is 1. The highest BCUT2D eigenvalue weighted by molar-refractivity contribution is 7.99. The molecule has 2 rings (SSSR count). The van der Waals surface area contributed by atoms with Gasteiger partial charge in [0.25, 0.3) is 0 Å². The molecule has 1 atom stereocenters. The van der Waals surface area contributed by atoms with E-state index in [1.54, 1.807) is 11.8 Å². The molecule has 0 aliphatic heterocycles. The Bertz CT molecular complexity index is 634. The van der Waals surface area contributed by atoms with Crippen LogP contribution in [0, 0.1) is 17.2 Å². The minimum absolute atomic E-state index is 0.0454. The lowest BCUT2D eigenvalue weighted by Gasteiger charge is -2.12. The second-order valence-electron chi connectivity index (χ2n) is 5.17. The van der Waals surface area contributed by atoms with Crippen LogP contribution in [0.25, 0.3) is 0 Å². The molecular weight excluding hydrogens is 292 g/mol. The number of nitriles is 1. The first-order valence-electron chi connectivity index (χ1n) is 7.27. The van der Waals surface area contributed by atoms with Crippen LogP contribution in [0.2, 0.25) is 0 Å². The molecule has 0 bridgehead atoms. The van der Waals surface area contributed by atoms with Crippen molar-refractivity contribution in [1.82, 2.24) is 0 Å². The zero-order valence-corrected chi connectivity index (χ0v) is 13.4. The third-order valence-electron chi connectivity index (χ3n) is 3.28. The SMILES string of the molecule is CC(C#N)CSc1ccccc1NCc1ccc(CO)cc1. The van der Waals surface area contributed by atoms with E-state index in [0.29, 0.717) is 0 Å². The molecular formula is C18H20N2OS. The number of hydrogen-bond donors (Lipinski definition) is 2. The van der Waals surface area contributed by atoms with Crippen LogP contribution in [0.15, 0.2) is 53.4 Å². The summed E-state index contributed by atoms with van der Waals surface area (Å²) in [6.07, 6.45) is 0. The lowest BCUT2D eigenvalue weighted by molar-refractivity contribution is 0.282. The normalized spacial score (nSPS) is 11.7. The molecule has 0 heterocycles. The summed E-state index contributed by atoms with van der Waals surface area (Å²) in [6.45, 7) is 2.74. The molecule has 0 aliphatic carbocycles. The van der Waals surface area contributed by atoms with Gasteiger partial charge in [-0.15, -0.1) is 11.8 Å². The summed E-state index contributed by atoms with van der Waals surface area (Å²) in [5, 5.41) is 21.4. The summed E-state index contributed by atoms with van der Waals surface area (Å²) in [6, 6.07) is 18.3. The fourth-order valence-electron chi connectivity index (χ4n) is 1.95. The van der Waals surface area contributed by atoms with Crippen LogP contribution >= 0.6 is 11.8 Å². The summed E-state index contributed by atoms with van der Waals surface area (Å²) in [4.78, 5) is 1.16. The van der Waals surface area contributed by atoms with E-state index in [2.05, 4.69) is 23.5 Å². The van der Waals surface area contributed by atoms with Crippen molar-refractivity contribution in [3.8, 4) is 6.07 Å². The van der Waals surface area contributed by atoms with Gasteiger partial charge in [-0.1, -0.05) is 36.4 Å². The number of nitrogens with zero attached hydrogens (tertiary/aromatic N) is 1. The predicted octanol–water partition coefficient (Wildman–Crippen LogP) is 4.04. The highest BCUT2D eigenvalue weighted by Crippen LogP contribution is 2.28. The van der Waals surface area contributed by atoms with Gasteiger partial charge < -0.3 is 10.4 Å². The second-order valence-corrected chi connectivity index (χ2v) is 6.23. The summed E-state index contributed by atoms with van der Waals surface area (Å²) in [7, 11) is 0. The van der Waals surface area contributed by atoms with Gasteiger partial charge in [0, 0.05) is 22.9 Å². The van der Waals surface area contributed by atoms with Crippen molar-refractivity contribution < 1.29 is 5.11 Å². The molecule has 0 aliphatic rings. The van der Waals surface area contributed by atoms with Crippen LogP contribution in [0.5, 0.6) is 0 Å². The van der Waals surface area contributed by atoms with Gasteiger partial charge in [0.1, 0.15) is 0 Å². The Morgan fingerprint density at radius 3 is 2.50 bits per heavy atom. The molecule has 0 fully saturated rings. The van der Waals surface area contributed by atoms with E-state index in [4.69, 9.17) is 10.4 Å². The average Bonchev–Trinajstić information content (AvgIpc) is 2.59. The Balaban J connectivity index is 1.98. The van der Waals surface area contributed by atoms with Gasteiger partial charge in [0.2, 0.25) is 0 Å². The van der Waals surface area contributed by atoms with Gasteiger partial charge in [0.05, 0.1) is 18.6 Å². The number of rotatable bonds is 7. The first-order chi connectivity index (χ1) is 10.7. The third-order valence-corrected chi connectivity index (χ3v) is 4.62. The van der Waals surface area contributed by atoms with Crippen LogP contribution in [0.3, 0.4) is 0 Å². The van der Waals surface area contributed by atoms with Crippen molar-refractivity contribution in [3.05, 3.63) is 59.7 Å². The first-order valence-corrected chi connectivity index (χ1v) is 8.25. The van der Waals surface area contributed by atoms with Crippen molar-refractivity contribution in [2.75, 3.05) is 11.1 Å². The van der Waals surface area contributed by atoms with E-state index in [-0.39, 0.29) is 12.5 Å². The minimum Gasteiger partial charge on any atom is -0.392 e.